The number of nitrogens with zero attached hydrogens (tertiary/aromatic N) is 2. The molecule has 5 heteroatoms. The summed E-state index contributed by atoms with van der Waals surface area (Å²) in [5.74, 6) is 1.97. The first kappa shape index (κ1) is 15.4. The smallest absolute Gasteiger partial charge is 0.103 e. The maximum absolute atomic E-state index is 10.9. The van der Waals surface area contributed by atoms with E-state index in [4.69, 9.17) is 4.74 Å². The molecule has 1 aromatic rings. The zero-order chi connectivity index (χ0) is 16.4. The van der Waals surface area contributed by atoms with E-state index in [0.717, 1.165) is 50.7 Å². The third-order valence-electron chi connectivity index (χ3n) is 7.13. The topological polar surface area (TPSA) is 59.3 Å². The highest BCUT2D eigenvalue weighted by atomic mass is 16.5. The molecule has 2 unspecified atom stereocenters. The zero-order valence-corrected chi connectivity index (χ0v) is 14.6. The lowest BCUT2D eigenvalue weighted by Crippen LogP contribution is -2.65. The molecule has 4 bridgehead atoms. The number of nitrogens with one attached hydrogen (secondary N) is 1. The monoisotopic (exact) mass is 331 g/mol. The minimum absolute atomic E-state index is 0.155. The van der Waals surface area contributed by atoms with Crippen LogP contribution < -0.4 is 5.32 Å². The molecular formula is C19H29N3O2. The predicted octanol–water partition coefficient (Wildman–Crippen LogP) is 2.17. The van der Waals surface area contributed by atoms with Crippen LogP contribution in [0.25, 0.3) is 0 Å². The van der Waals surface area contributed by atoms with Crippen molar-refractivity contribution in [1.82, 2.24) is 15.1 Å². The van der Waals surface area contributed by atoms with Crippen molar-refractivity contribution in [3.8, 4) is 0 Å². The van der Waals surface area contributed by atoms with Gasteiger partial charge in [0.1, 0.15) is 6.10 Å². The zero-order valence-electron chi connectivity index (χ0n) is 14.6. The van der Waals surface area contributed by atoms with Crippen LogP contribution in [-0.4, -0.2) is 39.2 Å². The van der Waals surface area contributed by atoms with Gasteiger partial charge in [-0.1, -0.05) is 0 Å². The second kappa shape index (κ2) is 5.29. The molecule has 2 heterocycles. The summed E-state index contributed by atoms with van der Waals surface area (Å²) in [6.45, 7) is 1.83. The molecular weight excluding hydrogens is 302 g/mol. The van der Waals surface area contributed by atoms with Crippen LogP contribution in [-0.2, 0) is 11.8 Å². The molecule has 0 amide bonds. The molecule has 5 fully saturated rings. The van der Waals surface area contributed by atoms with Gasteiger partial charge in [0.15, 0.2) is 0 Å². The molecule has 24 heavy (non-hydrogen) atoms. The number of hydrogen-bond donors (Lipinski definition) is 2. The van der Waals surface area contributed by atoms with Crippen LogP contribution in [0.3, 0.4) is 0 Å². The first-order chi connectivity index (χ1) is 11.5. The van der Waals surface area contributed by atoms with E-state index in [1.165, 1.54) is 25.0 Å². The molecule has 6 rings (SSSR count). The Kier molecular flexibility index (Phi) is 3.39. The first-order valence-corrected chi connectivity index (χ1v) is 9.61. The van der Waals surface area contributed by atoms with Gasteiger partial charge in [-0.3, -0.25) is 4.68 Å². The van der Waals surface area contributed by atoms with Gasteiger partial charge in [0, 0.05) is 37.9 Å². The van der Waals surface area contributed by atoms with E-state index in [1.54, 1.807) is 0 Å². The molecule has 4 saturated carbocycles. The van der Waals surface area contributed by atoms with Crippen LogP contribution in [0.5, 0.6) is 0 Å². The third-order valence-corrected chi connectivity index (χ3v) is 7.13. The molecule has 1 saturated heterocycles. The van der Waals surface area contributed by atoms with E-state index < -0.39 is 0 Å². The lowest BCUT2D eigenvalue weighted by Gasteiger charge is -2.60. The number of aromatic nitrogens is 2. The largest absolute Gasteiger partial charge is 0.390 e. The van der Waals surface area contributed by atoms with E-state index in [-0.39, 0.29) is 17.2 Å². The Labute approximate surface area is 143 Å². The third kappa shape index (κ3) is 2.44. The van der Waals surface area contributed by atoms with E-state index in [1.807, 2.05) is 17.9 Å². The lowest BCUT2D eigenvalue weighted by atomic mass is 9.51. The second-order valence-corrected chi connectivity index (χ2v) is 9.07. The Hall–Kier alpha value is -0.910. The Morgan fingerprint density at radius 1 is 1.33 bits per heavy atom. The van der Waals surface area contributed by atoms with E-state index in [9.17, 15) is 5.11 Å². The number of aryl methyl sites for hydroxylation is 1. The van der Waals surface area contributed by atoms with Crippen LogP contribution in [0.2, 0.25) is 0 Å². The average molecular weight is 331 g/mol. The minimum atomic E-state index is -0.384. The van der Waals surface area contributed by atoms with Gasteiger partial charge >= 0.3 is 0 Å². The number of rotatable bonds is 4. The van der Waals surface area contributed by atoms with Gasteiger partial charge in [-0.05, 0) is 62.8 Å². The molecule has 5 aliphatic rings. The predicted molar refractivity (Wildman–Crippen MR) is 90.4 cm³/mol. The molecule has 1 aromatic heterocycles. The summed E-state index contributed by atoms with van der Waals surface area (Å²) in [5, 5.41) is 19.2. The molecule has 0 spiro atoms. The van der Waals surface area contributed by atoms with E-state index in [2.05, 4.69) is 16.5 Å². The number of aliphatic hydroxyl groups is 1. The highest BCUT2D eigenvalue weighted by Crippen LogP contribution is 2.57. The minimum Gasteiger partial charge on any atom is -0.390 e. The maximum atomic E-state index is 10.9. The molecule has 132 valence electrons. The summed E-state index contributed by atoms with van der Waals surface area (Å²) in [4.78, 5) is 0. The van der Waals surface area contributed by atoms with Crippen molar-refractivity contribution < 1.29 is 9.84 Å². The van der Waals surface area contributed by atoms with E-state index >= 15 is 0 Å². The maximum Gasteiger partial charge on any atom is 0.103 e. The van der Waals surface area contributed by atoms with Crippen LogP contribution >= 0.6 is 0 Å². The van der Waals surface area contributed by atoms with Gasteiger partial charge in [0.2, 0.25) is 0 Å². The molecule has 1 aliphatic heterocycles. The lowest BCUT2D eigenvalue weighted by molar-refractivity contribution is -0.143. The fourth-order valence-electron chi connectivity index (χ4n) is 6.60. The molecule has 5 nitrogen and oxygen atoms in total. The number of hydrogen-bond acceptors (Lipinski definition) is 4. The Morgan fingerprint density at radius 3 is 2.79 bits per heavy atom. The standard InChI is InChI=1S/C19H29N3O2/c1-22-16(2-4-21-22)17-15(3-5-24-17)11-20-18-7-13-6-14(8-18)10-19(23,9-13)12-18/h2,4,13-15,17,20,23H,3,5-12H2,1H3/t13?,14?,15-,17+,18?,19?/m0/s1. The SMILES string of the molecule is Cn1nccc1[C@@H]1OCC[C@H]1CNC12CC3CC(CC(O)(C3)C1)C2. The Morgan fingerprint density at radius 2 is 2.12 bits per heavy atom. The van der Waals surface area contributed by atoms with Crippen LogP contribution in [0, 0.1) is 17.8 Å². The fourth-order valence-corrected chi connectivity index (χ4v) is 6.60. The summed E-state index contributed by atoms with van der Waals surface area (Å²) < 4.78 is 7.97. The molecule has 4 atom stereocenters. The quantitative estimate of drug-likeness (QED) is 0.888. The number of ether oxygens (including phenoxy) is 1. The Balaban J connectivity index is 1.30. The van der Waals surface area contributed by atoms with Gasteiger partial charge in [0.25, 0.3) is 0 Å². The van der Waals surface area contributed by atoms with Crippen molar-refractivity contribution in [3.63, 3.8) is 0 Å². The van der Waals surface area contributed by atoms with Crippen molar-refractivity contribution >= 4 is 0 Å². The van der Waals surface area contributed by atoms with Crippen LogP contribution in [0.15, 0.2) is 12.3 Å². The molecule has 2 N–H and O–H groups in total. The van der Waals surface area contributed by atoms with Gasteiger partial charge < -0.3 is 15.2 Å². The van der Waals surface area contributed by atoms with Crippen molar-refractivity contribution in [2.45, 2.75) is 62.2 Å². The first-order valence-electron chi connectivity index (χ1n) is 9.61. The highest BCUT2D eigenvalue weighted by molar-refractivity contribution is 5.13. The molecule has 0 radical (unpaired) electrons. The van der Waals surface area contributed by atoms with Gasteiger partial charge in [0.05, 0.1) is 11.3 Å². The molecule has 0 aromatic carbocycles. The Bertz CT molecular complexity index is 614. The van der Waals surface area contributed by atoms with Crippen molar-refractivity contribution in [2.24, 2.45) is 24.8 Å². The van der Waals surface area contributed by atoms with Gasteiger partial charge in [-0.25, -0.2) is 0 Å². The van der Waals surface area contributed by atoms with E-state index in [0.29, 0.717) is 5.92 Å². The summed E-state index contributed by atoms with van der Waals surface area (Å²) in [6.07, 6.45) is 10.0. The summed E-state index contributed by atoms with van der Waals surface area (Å²) in [5.41, 5.74) is 0.979. The van der Waals surface area contributed by atoms with Crippen molar-refractivity contribution in [1.29, 1.82) is 0 Å². The normalized spacial score (nSPS) is 46.8. The summed E-state index contributed by atoms with van der Waals surface area (Å²) >= 11 is 0. The fraction of sp³-hybridized carbons (Fsp3) is 0.842. The van der Waals surface area contributed by atoms with Gasteiger partial charge in [-0.15, -0.1) is 0 Å². The van der Waals surface area contributed by atoms with Crippen LogP contribution in [0.4, 0.5) is 0 Å². The summed E-state index contributed by atoms with van der Waals surface area (Å²) in [6, 6.07) is 2.08. The highest BCUT2D eigenvalue weighted by Gasteiger charge is 2.57. The second-order valence-electron chi connectivity index (χ2n) is 9.07. The van der Waals surface area contributed by atoms with Crippen molar-refractivity contribution in [2.75, 3.05) is 13.2 Å². The average Bonchev–Trinajstić information content (AvgIpc) is 3.10. The summed E-state index contributed by atoms with van der Waals surface area (Å²) in [7, 11) is 2.00. The van der Waals surface area contributed by atoms with Crippen molar-refractivity contribution in [3.05, 3.63) is 18.0 Å². The molecule has 4 aliphatic carbocycles. The van der Waals surface area contributed by atoms with Crippen LogP contribution in [0.1, 0.15) is 56.7 Å². The van der Waals surface area contributed by atoms with Gasteiger partial charge in [-0.2, -0.15) is 5.10 Å².